The van der Waals surface area contributed by atoms with Crippen molar-refractivity contribution >= 4 is 49.3 Å². The Morgan fingerprint density at radius 1 is 1.21 bits per heavy atom. The molecule has 0 bridgehead atoms. The fraction of sp³-hybridized carbons (Fsp3) is 0.231. The molecule has 4 heterocycles. The minimum atomic E-state index is -0.660. The number of amides is 1. The summed E-state index contributed by atoms with van der Waals surface area (Å²) >= 11 is 0.991. The van der Waals surface area contributed by atoms with E-state index in [-0.39, 0.29) is 50.9 Å². The Kier molecular flexibility index (Phi) is 6.03. The van der Waals surface area contributed by atoms with Crippen LogP contribution in [0.2, 0.25) is 0 Å². The normalized spacial score (nSPS) is 13.7. The van der Waals surface area contributed by atoms with E-state index in [1.54, 1.807) is 17.0 Å². The van der Waals surface area contributed by atoms with E-state index in [1.807, 2.05) is 11.9 Å². The maximum absolute atomic E-state index is 16.7. The molecule has 1 fully saturated rings. The van der Waals surface area contributed by atoms with Crippen LogP contribution >= 0.6 is 11.3 Å². The number of halogens is 2. The first-order chi connectivity index (χ1) is 18.8. The number of rotatable bonds is 6. The summed E-state index contributed by atoms with van der Waals surface area (Å²) in [5.41, 5.74) is 13.3. The minimum Gasteiger partial charge on any atom is -0.472 e. The molecule has 1 amide bonds. The molecule has 0 unspecified atom stereocenters. The third kappa shape index (κ3) is 4.01. The number of thiazole rings is 1. The molecular weight excluding hydrogens is 528 g/mol. The van der Waals surface area contributed by atoms with E-state index in [1.165, 1.54) is 31.8 Å². The monoisotopic (exact) mass is 551 g/mol. The van der Waals surface area contributed by atoms with Gasteiger partial charge in [0.2, 0.25) is 5.91 Å². The molecule has 0 saturated carbocycles. The van der Waals surface area contributed by atoms with Crippen molar-refractivity contribution in [2.24, 2.45) is 5.73 Å². The van der Waals surface area contributed by atoms with Crippen LogP contribution in [0.1, 0.15) is 0 Å². The number of carbonyl (C=O) groups excluding carboxylic acids is 1. The van der Waals surface area contributed by atoms with Gasteiger partial charge >= 0.3 is 6.01 Å². The molecule has 1 aliphatic rings. The van der Waals surface area contributed by atoms with Crippen LogP contribution < -0.4 is 21.1 Å². The molecule has 5 aromatic rings. The smallest absolute Gasteiger partial charge is 0.318 e. The first kappa shape index (κ1) is 24.9. The van der Waals surface area contributed by atoms with Crippen molar-refractivity contribution in [3.05, 3.63) is 48.4 Å². The predicted molar refractivity (Wildman–Crippen MR) is 145 cm³/mol. The zero-order valence-electron chi connectivity index (χ0n) is 20.9. The van der Waals surface area contributed by atoms with Crippen molar-refractivity contribution in [2.45, 2.75) is 6.04 Å². The van der Waals surface area contributed by atoms with E-state index in [2.05, 4.69) is 15.0 Å². The lowest BCUT2D eigenvalue weighted by atomic mass is 9.92. The second-order valence-electron chi connectivity index (χ2n) is 9.15. The second-order valence-corrected chi connectivity index (χ2v) is 10.2. The summed E-state index contributed by atoms with van der Waals surface area (Å²) in [5, 5.41) is 0.591. The number of benzene rings is 2. The number of aromatic nitrogens is 3. The molecule has 6 rings (SSSR count). The first-order valence-electron chi connectivity index (χ1n) is 12.0. The maximum atomic E-state index is 16.7. The lowest BCUT2D eigenvalue weighted by Crippen LogP contribution is -2.61. The van der Waals surface area contributed by atoms with Gasteiger partial charge in [-0.1, -0.05) is 11.3 Å². The lowest BCUT2D eigenvalue weighted by Gasteiger charge is -2.44. The summed E-state index contributed by atoms with van der Waals surface area (Å²) in [6, 6.07) is 6.13. The Labute approximate surface area is 224 Å². The Balaban J connectivity index is 1.60. The average Bonchev–Trinajstić information content (AvgIpc) is 3.58. The molecule has 0 radical (unpaired) electrons. The van der Waals surface area contributed by atoms with Gasteiger partial charge in [-0.05, 0) is 29.8 Å². The molecule has 13 heteroatoms. The van der Waals surface area contributed by atoms with Crippen LogP contribution in [0.3, 0.4) is 0 Å². The molecular formula is C26H23F2N7O3S. The number of nitrogens with zero attached hydrogens (tertiary/aromatic N) is 5. The molecule has 10 nitrogen and oxygen atoms in total. The van der Waals surface area contributed by atoms with E-state index in [0.29, 0.717) is 41.0 Å². The highest BCUT2D eigenvalue weighted by atomic mass is 32.1. The molecule has 0 spiro atoms. The van der Waals surface area contributed by atoms with Gasteiger partial charge in [0.25, 0.3) is 0 Å². The van der Waals surface area contributed by atoms with Gasteiger partial charge in [-0.3, -0.25) is 4.79 Å². The van der Waals surface area contributed by atoms with Crippen molar-refractivity contribution in [3.63, 3.8) is 0 Å². The van der Waals surface area contributed by atoms with Gasteiger partial charge in [-0.25, -0.2) is 13.8 Å². The third-order valence-corrected chi connectivity index (χ3v) is 7.85. The van der Waals surface area contributed by atoms with E-state index >= 15 is 4.39 Å². The molecule has 3 aromatic heterocycles. The SMILES string of the molecule is COc1nc(N(C)C2CN(C(=O)CN)C2)c2cc(-c3ccoc3)c(-c3ccc(F)c4sc(N)nc34)c(F)c2n1. The fourth-order valence-corrected chi connectivity index (χ4v) is 5.62. The number of anilines is 2. The largest absolute Gasteiger partial charge is 0.472 e. The number of likely N-dealkylation sites (N-methyl/N-ethyl adjacent to an activating group) is 1. The standard InChI is InChI=1S/C26H23F2N7O3S/c1-34(13-9-35(10-13)18(36)8-29)24-16-7-15(12-5-6-38-11-12)19(20(28)21(16)32-26(33-24)37-2)14-3-4-17(27)23-22(14)31-25(30)39-23/h3-7,11,13H,8-10,29H2,1-2H3,(H2,30,31). The molecule has 0 aliphatic carbocycles. The Hall–Kier alpha value is -4.36. The van der Waals surface area contributed by atoms with Crippen LogP contribution in [0.5, 0.6) is 6.01 Å². The van der Waals surface area contributed by atoms with Crippen molar-refractivity contribution in [3.8, 4) is 28.3 Å². The van der Waals surface area contributed by atoms with Crippen molar-refractivity contribution in [1.29, 1.82) is 0 Å². The Morgan fingerprint density at radius 2 is 2.00 bits per heavy atom. The molecule has 4 N–H and O–H groups in total. The highest BCUT2D eigenvalue weighted by Crippen LogP contribution is 2.44. The molecule has 39 heavy (non-hydrogen) atoms. The summed E-state index contributed by atoms with van der Waals surface area (Å²) in [6.45, 7) is 0.840. The van der Waals surface area contributed by atoms with Gasteiger partial charge in [0.1, 0.15) is 17.2 Å². The number of nitrogen functional groups attached to an aromatic ring is 1. The Morgan fingerprint density at radius 3 is 2.69 bits per heavy atom. The van der Waals surface area contributed by atoms with E-state index in [9.17, 15) is 9.18 Å². The van der Waals surface area contributed by atoms with Gasteiger partial charge in [-0.2, -0.15) is 9.97 Å². The number of methoxy groups -OCH3 is 1. The van der Waals surface area contributed by atoms with Crippen molar-refractivity contribution in [1.82, 2.24) is 19.9 Å². The van der Waals surface area contributed by atoms with Gasteiger partial charge < -0.3 is 30.4 Å². The molecule has 200 valence electrons. The van der Waals surface area contributed by atoms with Crippen molar-refractivity contribution < 1.29 is 22.7 Å². The average molecular weight is 552 g/mol. The highest BCUT2D eigenvalue weighted by Gasteiger charge is 2.35. The zero-order valence-corrected chi connectivity index (χ0v) is 21.8. The topological polar surface area (TPSA) is 137 Å². The Bertz CT molecular complexity index is 1740. The first-order valence-corrected chi connectivity index (χ1v) is 12.8. The number of nitrogens with two attached hydrogens (primary N) is 2. The van der Waals surface area contributed by atoms with Gasteiger partial charge in [0, 0.05) is 42.2 Å². The molecule has 1 aliphatic heterocycles. The van der Waals surface area contributed by atoms with Crippen LogP contribution in [0.25, 0.3) is 43.4 Å². The summed E-state index contributed by atoms with van der Waals surface area (Å²) in [5.74, 6) is -0.869. The van der Waals surface area contributed by atoms with Gasteiger partial charge in [0.05, 0.1) is 42.4 Å². The number of likely N-dealkylation sites (tertiary alicyclic amines) is 1. The number of fused-ring (bicyclic) bond motifs is 2. The van der Waals surface area contributed by atoms with Crippen LogP contribution in [0.15, 0.2) is 41.2 Å². The van der Waals surface area contributed by atoms with Crippen LogP contribution in [-0.4, -0.2) is 65.6 Å². The number of hydrogen-bond acceptors (Lipinski definition) is 10. The number of ether oxygens (including phenoxy) is 1. The zero-order chi connectivity index (χ0) is 27.4. The molecule has 2 aromatic carbocycles. The predicted octanol–water partition coefficient (Wildman–Crippen LogP) is 3.64. The maximum Gasteiger partial charge on any atom is 0.318 e. The molecule has 0 atom stereocenters. The van der Waals surface area contributed by atoms with Gasteiger partial charge in [0.15, 0.2) is 10.9 Å². The lowest BCUT2D eigenvalue weighted by molar-refractivity contribution is -0.133. The van der Waals surface area contributed by atoms with E-state index in [4.69, 9.17) is 20.6 Å². The van der Waals surface area contributed by atoms with Gasteiger partial charge in [-0.15, -0.1) is 0 Å². The fourth-order valence-electron chi connectivity index (χ4n) is 4.86. The van der Waals surface area contributed by atoms with E-state index in [0.717, 1.165) is 11.3 Å². The molecule has 1 saturated heterocycles. The summed E-state index contributed by atoms with van der Waals surface area (Å²) < 4.78 is 42.2. The third-order valence-electron chi connectivity index (χ3n) is 6.96. The quantitative estimate of drug-likeness (QED) is 0.324. The van der Waals surface area contributed by atoms with Crippen LogP contribution in [0.4, 0.5) is 19.7 Å². The highest BCUT2D eigenvalue weighted by molar-refractivity contribution is 7.22. The van der Waals surface area contributed by atoms with Crippen LogP contribution in [-0.2, 0) is 4.79 Å². The minimum absolute atomic E-state index is 0.0147. The number of carbonyl (C=O) groups is 1. The van der Waals surface area contributed by atoms with E-state index < -0.39 is 11.6 Å². The summed E-state index contributed by atoms with van der Waals surface area (Å²) in [6.07, 6.45) is 2.98. The van der Waals surface area contributed by atoms with Crippen molar-refractivity contribution in [2.75, 3.05) is 44.4 Å². The summed E-state index contributed by atoms with van der Waals surface area (Å²) in [7, 11) is 3.22. The number of furan rings is 1. The summed E-state index contributed by atoms with van der Waals surface area (Å²) in [4.78, 5) is 28.7. The number of hydrogen-bond donors (Lipinski definition) is 2. The van der Waals surface area contributed by atoms with Crippen LogP contribution in [0, 0.1) is 11.6 Å². The second kappa shape index (κ2) is 9.43.